The third-order valence-electron chi connectivity index (χ3n) is 3.47. The van der Waals surface area contributed by atoms with Crippen molar-refractivity contribution in [3.63, 3.8) is 0 Å². The van der Waals surface area contributed by atoms with Gasteiger partial charge in [-0.15, -0.1) is 0 Å². The zero-order chi connectivity index (χ0) is 14.5. The minimum Gasteiger partial charge on any atom is -0.363 e. The predicted octanol–water partition coefficient (Wildman–Crippen LogP) is 4.66. The Kier molecular flexibility index (Phi) is 5.17. The van der Waals surface area contributed by atoms with Crippen LogP contribution in [-0.4, -0.2) is 10.1 Å². The molecule has 0 fully saturated rings. The smallest absolute Gasteiger partial charge is 0.156 e. The first-order valence-corrected chi connectivity index (χ1v) is 7.74. The maximum atomic E-state index is 5.38. The van der Waals surface area contributed by atoms with Gasteiger partial charge in [0.15, 0.2) is 5.76 Å². The molecule has 5 heteroatoms. The molecule has 0 bridgehead atoms. The summed E-state index contributed by atoms with van der Waals surface area (Å²) in [6.45, 7) is 6.99. The number of pyridine rings is 1. The molecule has 4 nitrogen and oxygen atoms in total. The van der Waals surface area contributed by atoms with Crippen LogP contribution in [0.15, 0.2) is 27.3 Å². The average Bonchev–Trinajstić information content (AvgIpc) is 2.90. The topological polar surface area (TPSA) is 51.0 Å². The van der Waals surface area contributed by atoms with Gasteiger partial charge in [0.05, 0.1) is 12.2 Å². The van der Waals surface area contributed by atoms with Crippen LogP contribution in [-0.2, 0) is 6.54 Å². The summed E-state index contributed by atoms with van der Waals surface area (Å²) in [6.07, 6.45) is 3.97. The fourth-order valence-electron chi connectivity index (χ4n) is 2.13. The molecule has 2 heterocycles. The fraction of sp³-hybridized carbons (Fsp3) is 0.467. The van der Waals surface area contributed by atoms with Gasteiger partial charge in [0.1, 0.15) is 5.82 Å². The molecule has 0 amide bonds. The maximum Gasteiger partial charge on any atom is 0.156 e. The normalized spacial score (nSPS) is 11.1. The van der Waals surface area contributed by atoms with Gasteiger partial charge in [-0.25, -0.2) is 4.98 Å². The molecule has 0 aromatic carbocycles. The van der Waals surface area contributed by atoms with Gasteiger partial charge in [-0.3, -0.25) is 0 Å². The number of nitrogens with one attached hydrogen (secondary N) is 1. The molecule has 0 aliphatic carbocycles. The largest absolute Gasteiger partial charge is 0.363 e. The van der Waals surface area contributed by atoms with Gasteiger partial charge < -0.3 is 9.84 Å². The second kappa shape index (κ2) is 6.88. The third-order valence-corrected chi connectivity index (χ3v) is 4.30. The highest BCUT2D eigenvalue weighted by Gasteiger charge is 2.12. The Hall–Kier alpha value is -1.36. The number of aryl methyl sites for hydroxylation is 1. The molecule has 0 aliphatic rings. The minimum absolute atomic E-state index is 0.487. The van der Waals surface area contributed by atoms with Crippen molar-refractivity contribution >= 4 is 21.7 Å². The lowest BCUT2D eigenvalue weighted by Crippen LogP contribution is -2.01. The monoisotopic (exact) mass is 337 g/mol. The molecule has 2 rings (SSSR count). The Labute approximate surface area is 128 Å². The van der Waals surface area contributed by atoms with Gasteiger partial charge in [-0.1, -0.05) is 19.0 Å². The van der Waals surface area contributed by atoms with Crippen molar-refractivity contribution in [2.75, 3.05) is 5.32 Å². The first-order chi connectivity index (χ1) is 9.63. The Morgan fingerprint density at radius 1 is 1.30 bits per heavy atom. The van der Waals surface area contributed by atoms with E-state index in [0.29, 0.717) is 12.5 Å². The first kappa shape index (κ1) is 15.0. The summed E-state index contributed by atoms with van der Waals surface area (Å²) in [7, 11) is 0. The van der Waals surface area contributed by atoms with Crippen molar-refractivity contribution in [3.05, 3.63) is 39.8 Å². The van der Waals surface area contributed by atoms with Crippen molar-refractivity contribution in [1.82, 2.24) is 10.1 Å². The highest BCUT2D eigenvalue weighted by Crippen LogP contribution is 2.23. The van der Waals surface area contributed by atoms with Crippen molar-refractivity contribution in [2.24, 2.45) is 0 Å². The van der Waals surface area contributed by atoms with Crippen molar-refractivity contribution in [3.8, 4) is 0 Å². The predicted molar refractivity (Wildman–Crippen MR) is 83.8 cm³/mol. The Bertz CT molecular complexity index is 564. The standard InChI is InChI=1S/C15H20BrN3O/c1-4-11(5-2)14-7-12(20-19-14)8-17-15-6-10(3)13(16)9-18-15/h6-7,9,11H,4-5,8H2,1-3H3,(H,17,18). The second-order valence-electron chi connectivity index (χ2n) is 4.90. The molecular formula is C15H20BrN3O. The van der Waals surface area contributed by atoms with Gasteiger partial charge in [-0.2, -0.15) is 0 Å². The number of anilines is 1. The van der Waals surface area contributed by atoms with Crippen molar-refractivity contribution in [2.45, 2.75) is 46.1 Å². The fourth-order valence-corrected chi connectivity index (χ4v) is 2.34. The van der Waals surface area contributed by atoms with E-state index in [1.165, 1.54) is 0 Å². The zero-order valence-electron chi connectivity index (χ0n) is 12.1. The van der Waals surface area contributed by atoms with E-state index in [-0.39, 0.29) is 0 Å². The molecule has 0 aliphatic heterocycles. The van der Waals surface area contributed by atoms with Gasteiger partial charge in [0.25, 0.3) is 0 Å². The van der Waals surface area contributed by atoms with E-state index in [2.05, 4.69) is 45.2 Å². The van der Waals surface area contributed by atoms with Crippen LogP contribution in [0, 0.1) is 6.92 Å². The molecule has 0 saturated heterocycles. The second-order valence-corrected chi connectivity index (χ2v) is 5.76. The van der Waals surface area contributed by atoms with Crippen LogP contribution in [0.2, 0.25) is 0 Å². The van der Waals surface area contributed by atoms with Crippen molar-refractivity contribution in [1.29, 1.82) is 0 Å². The maximum absolute atomic E-state index is 5.38. The molecule has 1 N–H and O–H groups in total. The molecule has 0 spiro atoms. The molecule has 0 saturated carbocycles. The van der Waals surface area contributed by atoms with Crippen LogP contribution in [0.1, 0.15) is 49.6 Å². The Morgan fingerprint density at radius 3 is 2.70 bits per heavy atom. The number of aromatic nitrogens is 2. The number of hydrogen-bond acceptors (Lipinski definition) is 4. The zero-order valence-corrected chi connectivity index (χ0v) is 13.7. The van der Waals surface area contributed by atoms with E-state index < -0.39 is 0 Å². The lowest BCUT2D eigenvalue weighted by Gasteiger charge is -2.06. The van der Waals surface area contributed by atoms with Crippen LogP contribution in [0.3, 0.4) is 0 Å². The summed E-state index contributed by atoms with van der Waals surface area (Å²) >= 11 is 3.44. The summed E-state index contributed by atoms with van der Waals surface area (Å²) in [4.78, 5) is 4.31. The van der Waals surface area contributed by atoms with E-state index in [0.717, 1.165) is 40.1 Å². The molecule has 108 valence electrons. The SMILES string of the molecule is CCC(CC)c1cc(CNc2cc(C)c(Br)cn2)on1. The van der Waals surface area contributed by atoms with E-state index in [1.807, 2.05) is 19.1 Å². The molecule has 0 unspecified atom stereocenters. The van der Waals surface area contributed by atoms with E-state index in [1.54, 1.807) is 6.20 Å². The molecule has 2 aromatic rings. The number of halogens is 1. The summed E-state index contributed by atoms with van der Waals surface area (Å²) in [6, 6.07) is 4.04. The highest BCUT2D eigenvalue weighted by molar-refractivity contribution is 9.10. The van der Waals surface area contributed by atoms with Crippen LogP contribution in [0.4, 0.5) is 5.82 Å². The number of rotatable bonds is 6. The van der Waals surface area contributed by atoms with E-state index in [9.17, 15) is 0 Å². The van der Waals surface area contributed by atoms with Crippen molar-refractivity contribution < 1.29 is 4.52 Å². The van der Waals surface area contributed by atoms with Crippen LogP contribution >= 0.6 is 15.9 Å². The van der Waals surface area contributed by atoms with E-state index >= 15 is 0 Å². The number of hydrogen-bond donors (Lipinski definition) is 1. The summed E-state index contributed by atoms with van der Waals surface area (Å²) in [5.74, 6) is 2.17. The third kappa shape index (κ3) is 3.60. The molecular weight excluding hydrogens is 318 g/mol. The lowest BCUT2D eigenvalue weighted by molar-refractivity contribution is 0.375. The summed E-state index contributed by atoms with van der Waals surface area (Å²) < 4.78 is 6.39. The van der Waals surface area contributed by atoms with Gasteiger partial charge in [-0.05, 0) is 47.3 Å². The van der Waals surface area contributed by atoms with Gasteiger partial charge in [0.2, 0.25) is 0 Å². The molecule has 0 atom stereocenters. The lowest BCUT2D eigenvalue weighted by atomic mass is 9.99. The van der Waals surface area contributed by atoms with Crippen LogP contribution < -0.4 is 5.32 Å². The summed E-state index contributed by atoms with van der Waals surface area (Å²) in [5, 5.41) is 7.41. The Morgan fingerprint density at radius 2 is 2.05 bits per heavy atom. The quantitative estimate of drug-likeness (QED) is 0.832. The van der Waals surface area contributed by atoms with Crippen LogP contribution in [0.25, 0.3) is 0 Å². The number of nitrogens with zero attached hydrogens (tertiary/aromatic N) is 2. The molecule has 2 aromatic heterocycles. The highest BCUT2D eigenvalue weighted by atomic mass is 79.9. The van der Waals surface area contributed by atoms with Crippen LogP contribution in [0.5, 0.6) is 0 Å². The Balaban J connectivity index is 1.98. The molecule has 0 radical (unpaired) electrons. The van der Waals surface area contributed by atoms with E-state index in [4.69, 9.17) is 4.52 Å². The summed E-state index contributed by atoms with van der Waals surface area (Å²) in [5.41, 5.74) is 2.20. The van der Waals surface area contributed by atoms with Gasteiger partial charge in [0, 0.05) is 22.7 Å². The van der Waals surface area contributed by atoms with Gasteiger partial charge >= 0.3 is 0 Å². The molecule has 20 heavy (non-hydrogen) atoms. The minimum atomic E-state index is 0.487. The first-order valence-electron chi connectivity index (χ1n) is 6.95. The average molecular weight is 338 g/mol.